The highest BCUT2D eigenvalue weighted by Crippen LogP contribution is 2.30. The van der Waals surface area contributed by atoms with Crippen LogP contribution in [-0.2, 0) is 11.6 Å². The van der Waals surface area contributed by atoms with Crippen molar-refractivity contribution in [1.82, 2.24) is 0 Å². The van der Waals surface area contributed by atoms with Crippen LogP contribution in [0.3, 0.4) is 0 Å². The molecule has 0 fully saturated rings. The third kappa shape index (κ3) is 49.4. The molecule has 28 heteroatoms. The second-order valence-electron chi connectivity index (χ2n) is 26.9. The highest BCUT2D eigenvalue weighted by atomic mass is 35.5. The number of carbonyl (C=O) groups excluding carboxylic acids is 10. The number of hydrogen-bond acceptors (Lipinski definition) is 14. The number of unbranched alkanes of at least 4 members (excludes halogenated alkanes) is 8. The van der Waals surface area contributed by atoms with Crippen molar-refractivity contribution >= 4 is 181 Å². The molecule has 14 nitrogen and oxygen atoms in total. The number of carbonyl (C=O) groups is 10. The molecule has 0 saturated carbocycles. The van der Waals surface area contributed by atoms with Crippen LogP contribution >= 0.6 is 128 Å². The van der Waals surface area contributed by atoms with Gasteiger partial charge in [0.2, 0.25) is 0 Å². The molecular formula is C95H96Cl11F3O14. The van der Waals surface area contributed by atoms with Crippen LogP contribution in [0.4, 0.5) is 13.2 Å². The van der Waals surface area contributed by atoms with Gasteiger partial charge in [0.15, 0.2) is 0 Å². The summed E-state index contributed by atoms with van der Waals surface area (Å²) in [6.45, 7) is 19.5. The van der Waals surface area contributed by atoms with E-state index in [2.05, 4.69) is 41.5 Å². The Labute approximate surface area is 774 Å². The fraction of sp³-hybridized carbons (Fsp3) is 0.263. The van der Waals surface area contributed by atoms with Gasteiger partial charge in [-0.3, -0.25) is 47.9 Å². The highest BCUT2D eigenvalue weighted by Gasteiger charge is 2.30. The normalized spacial score (nSPS) is 10.1. The van der Waals surface area contributed by atoms with Gasteiger partial charge in [0.25, 0.3) is 52.4 Å². The summed E-state index contributed by atoms with van der Waals surface area (Å²) in [5.41, 5.74) is 8.21. The molecule has 10 aromatic rings. The van der Waals surface area contributed by atoms with Gasteiger partial charge in [-0.25, -0.2) is 0 Å². The van der Waals surface area contributed by atoms with Crippen LogP contribution in [0.2, 0.25) is 0 Å². The fourth-order valence-electron chi connectivity index (χ4n) is 9.58. The lowest BCUT2D eigenvalue weighted by molar-refractivity contribution is -0.137. The number of ether oxygens (including phenoxy) is 4. The Hall–Kier alpha value is -8.92. The van der Waals surface area contributed by atoms with Crippen molar-refractivity contribution in [2.45, 2.75) is 138 Å². The number of aryl methyl sites for hydroxylation is 1. The standard InChI is InChI=1S/C14H19ClO2.C13H17ClO2.C13H9ClO.C11H13ClO2.C11H13ClO.C9H9ClO2.C8H4Cl2O2.C8H4ClF3O.C8H7ClO.ClH/c1-2-3-4-5-6-11-17-13-9-7-12(8-10-13)14(15)16;1-2-3-4-5-10-16-12-8-6-11(7-9-12)13(14)15;14-13(15)12-8-6-11(7-9-12)10-4-2-1-3-5-10;1-2-3-8-14-10-6-4-9(5-7-10)11(12)13;1-11(2,3)9-6-4-8(5-7-9)10(12)13;1-2-12-8-5-3-7(4-6-8)9(10)11;9-7(11)5-1-2-6(4-3-5)8(10)12;9-7(13)5-1-3-6(4-2-5)8(10,11)12;1-6-2-4-7(5-3-6)8(9)10;/h7-10H,2-6,11H2,1H3;6-9H,2-5,10H2,1H3;1-9H;4-7H,2-3,8H2,1H3;4-7H,1-3H3;3-6H,2H2,1H3;1-4H;1-4H;2-5H,1H3;1H. The number of halogens is 14. The Balaban J connectivity index is 0.000000693. The van der Waals surface area contributed by atoms with Gasteiger partial charge in [0, 0.05) is 55.6 Å². The van der Waals surface area contributed by atoms with E-state index in [0.29, 0.717) is 63.3 Å². The van der Waals surface area contributed by atoms with E-state index in [1.54, 1.807) is 133 Å². The summed E-state index contributed by atoms with van der Waals surface area (Å²) in [4.78, 5) is 107. The first-order valence-electron chi connectivity index (χ1n) is 38.4. The zero-order valence-electron chi connectivity index (χ0n) is 68.8. The zero-order valence-corrected chi connectivity index (χ0v) is 77.2. The fourth-order valence-corrected chi connectivity index (χ4v) is 10.8. The van der Waals surface area contributed by atoms with E-state index in [0.717, 1.165) is 103 Å². The van der Waals surface area contributed by atoms with Crippen LogP contribution in [-0.4, -0.2) is 78.9 Å². The third-order valence-corrected chi connectivity index (χ3v) is 18.6. The summed E-state index contributed by atoms with van der Waals surface area (Å²) in [6.07, 6.45) is 8.65. The maximum Gasteiger partial charge on any atom is 0.416 e. The molecule has 0 bridgehead atoms. The summed E-state index contributed by atoms with van der Waals surface area (Å²) in [6, 6.07) is 68.7. The Morgan fingerprint density at radius 3 is 0.724 bits per heavy atom. The van der Waals surface area contributed by atoms with Crippen LogP contribution in [0.5, 0.6) is 23.0 Å². The average molecular weight is 1910 g/mol. The van der Waals surface area contributed by atoms with Crippen molar-refractivity contribution in [2.24, 2.45) is 0 Å². The topological polar surface area (TPSA) is 208 Å². The lowest BCUT2D eigenvalue weighted by atomic mass is 9.87. The first-order valence-corrected chi connectivity index (χ1v) is 42.1. The monoisotopic (exact) mass is 1900 g/mol. The molecule has 0 heterocycles. The molecule has 0 unspecified atom stereocenters. The quantitative estimate of drug-likeness (QED) is 0.0303. The minimum absolute atomic E-state index is 0. The van der Waals surface area contributed by atoms with Crippen molar-refractivity contribution in [3.8, 4) is 34.1 Å². The summed E-state index contributed by atoms with van der Waals surface area (Å²) in [5.74, 6) is 3.11. The molecule has 0 saturated heterocycles. The average Bonchev–Trinajstić information content (AvgIpc) is 0.857. The van der Waals surface area contributed by atoms with Crippen LogP contribution < -0.4 is 18.9 Å². The molecule has 0 aromatic heterocycles. The van der Waals surface area contributed by atoms with Crippen LogP contribution in [0, 0.1) is 6.92 Å². The Bertz CT molecular complexity index is 4690. The molecule has 0 aliphatic carbocycles. The maximum atomic E-state index is 12.0. The summed E-state index contributed by atoms with van der Waals surface area (Å²) >= 11 is 52.6. The molecular weight excluding hydrogens is 1810 g/mol. The van der Waals surface area contributed by atoms with E-state index >= 15 is 0 Å². The van der Waals surface area contributed by atoms with Gasteiger partial charge in [-0.1, -0.05) is 165 Å². The summed E-state index contributed by atoms with van der Waals surface area (Å²) in [5, 5.41) is -4.86. The molecule has 10 rings (SSSR count). The van der Waals surface area contributed by atoms with Crippen molar-refractivity contribution in [3.05, 3.63) is 321 Å². The first kappa shape index (κ1) is 112. The van der Waals surface area contributed by atoms with Gasteiger partial charge >= 0.3 is 6.18 Å². The van der Waals surface area contributed by atoms with Crippen molar-refractivity contribution in [3.63, 3.8) is 0 Å². The van der Waals surface area contributed by atoms with Gasteiger partial charge in [0.1, 0.15) is 23.0 Å². The third-order valence-electron chi connectivity index (χ3n) is 16.4. The largest absolute Gasteiger partial charge is 0.494 e. The molecule has 0 aliphatic rings. The maximum absolute atomic E-state index is 12.0. The van der Waals surface area contributed by atoms with Gasteiger partial charge in [-0.2, -0.15) is 13.2 Å². The molecule has 658 valence electrons. The number of alkyl halides is 3. The SMILES string of the molecule is CC(C)(C)c1ccc(C(=O)Cl)cc1.CCCCCCCOc1ccc(C(=O)Cl)cc1.CCCCCCOc1ccc(C(=O)Cl)cc1.CCCCOc1ccc(C(=O)Cl)cc1.CCOc1ccc(C(=O)Cl)cc1.Cc1ccc(C(=O)Cl)cc1.Cl.O=C(Cl)c1ccc(-c2ccccc2)cc1.O=C(Cl)c1ccc(C(=O)Cl)cc1.O=C(Cl)c1ccc(C(F)(F)F)cc1. The molecule has 0 aliphatic heterocycles. The Morgan fingerprint density at radius 2 is 0.472 bits per heavy atom. The van der Waals surface area contributed by atoms with E-state index in [1.807, 2.05) is 80.6 Å². The van der Waals surface area contributed by atoms with Crippen molar-refractivity contribution in [1.29, 1.82) is 0 Å². The van der Waals surface area contributed by atoms with E-state index in [9.17, 15) is 61.1 Å². The molecule has 0 radical (unpaired) electrons. The summed E-state index contributed by atoms with van der Waals surface area (Å²) < 4.78 is 57.7. The second-order valence-corrected chi connectivity index (χ2v) is 30.4. The van der Waals surface area contributed by atoms with Gasteiger partial charge in [-0.05, 0) is 353 Å². The molecule has 0 atom stereocenters. The zero-order chi connectivity index (χ0) is 91.2. The highest BCUT2D eigenvalue weighted by molar-refractivity contribution is 6.71. The van der Waals surface area contributed by atoms with Crippen molar-refractivity contribution < 1.29 is 80.1 Å². The predicted molar refractivity (Wildman–Crippen MR) is 496 cm³/mol. The molecule has 10 aromatic carbocycles. The van der Waals surface area contributed by atoms with Gasteiger partial charge < -0.3 is 18.9 Å². The van der Waals surface area contributed by atoms with Gasteiger partial charge in [0.05, 0.1) is 32.0 Å². The van der Waals surface area contributed by atoms with Crippen LogP contribution in [0.25, 0.3) is 11.1 Å². The molecule has 123 heavy (non-hydrogen) atoms. The lowest BCUT2D eigenvalue weighted by Crippen LogP contribution is -2.10. The van der Waals surface area contributed by atoms with Gasteiger partial charge in [-0.15, -0.1) is 12.4 Å². The lowest BCUT2D eigenvalue weighted by Gasteiger charge is -2.18. The van der Waals surface area contributed by atoms with Crippen molar-refractivity contribution in [2.75, 3.05) is 26.4 Å². The van der Waals surface area contributed by atoms with Crippen LogP contribution in [0.1, 0.15) is 239 Å². The smallest absolute Gasteiger partial charge is 0.416 e. The Kier molecular flexibility index (Phi) is 57.5. The van der Waals surface area contributed by atoms with E-state index in [1.165, 1.54) is 74.8 Å². The molecule has 0 N–H and O–H groups in total. The Morgan fingerprint density at radius 1 is 0.260 bits per heavy atom. The van der Waals surface area contributed by atoms with E-state index in [-0.39, 0.29) is 23.4 Å². The molecule has 0 amide bonds. The first-order chi connectivity index (χ1) is 57.8. The minimum Gasteiger partial charge on any atom is -0.494 e. The minimum atomic E-state index is -4.38. The second kappa shape index (κ2) is 63.1. The van der Waals surface area contributed by atoms with E-state index < -0.39 is 64.2 Å². The number of benzene rings is 10. The van der Waals surface area contributed by atoms with E-state index in [4.69, 9.17) is 135 Å². The number of hydrogen-bond donors (Lipinski definition) is 0. The number of rotatable bonds is 30. The van der Waals surface area contributed by atoms with Crippen LogP contribution in [0.15, 0.2) is 249 Å². The molecule has 0 spiro atoms. The predicted octanol–water partition coefficient (Wildman–Crippen LogP) is 29.6. The summed E-state index contributed by atoms with van der Waals surface area (Å²) in [7, 11) is 0.